The predicted molar refractivity (Wildman–Crippen MR) is 69.3 cm³/mol. The van der Waals surface area contributed by atoms with Gasteiger partial charge in [0.05, 0.1) is 13.2 Å². The van der Waals surface area contributed by atoms with Crippen LogP contribution >= 0.6 is 0 Å². The van der Waals surface area contributed by atoms with E-state index in [1.807, 2.05) is 13.8 Å². The lowest BCUT2D eigenvalue weighted by Gasteiger charge is -2.27. The van der Waals surface area contributed by atoms with Crippen LogP contribution in [-0.4, -0.2) is 37.1 Å². The Morgan fingerprint density at radius 2 is 2.28 bits per heavy atom. The normalized spacial score (nSPS) is 12.4. The number of amides is 1. The molecule has 0 aliphatic heterocycles. The number of nitrogens with zero attached hydrogens (tertiary/aromatic N) is 1. The van der Waals surface area contributed by atoms with Crippen LogP contribution in [0.3, 0.4) is 0 Å². The molecule has 1 heterocycles. The molecule has 5 heteroatoms. The minimum atomic E-state index is -0.110. The standard InChI is InChI=1S/C13H22N2O3/c1-4-10(2)15(7-8-17-3)13(16)12-6-5-11(9-14)18-12/h5-6,10H,4,7-9,14H2,1-3H3. The van der Waals surface area contributed by atoms with Crippen LogP contribution in [0, 0.1) is 0 Å². The number of ether oxygens (including phenoxy) is 1. The van der Waals surface area contributed by atoms with Crippen molar-refractivity contribution in [3.05, 3.63) is 23.7 Å². The molecule has 0 saturated heterocycles. The average Bonchev–Trinajstić information content (AvgIpc) is 2.87. The van der Waals surface area contributed by atoms with Crippen LogP contribution in [0.1, 0.15) is 36.6 Å². The molecule has 0 aromatic carbocycles. The van der Waals surface area contributed by atoms with Crippen LogP contribution < -0.4 is 5.73 Å². The third-order valence-electron chi connectivity index (χ3n) is 2.99. The Balaban J connectivity index is 2.80. The van der Waals surface area contributed by atoms with E-state index in [1.165, 1.54) is 0 Å². The molecular weight excluding hydrogens is 232 g/mol. The van der Waals surface area contributed by atoms with Crippen molar-refractivity contribution in [1.82, 2.24) is 4.90 Å². The number of furan rings is 1. The number of hydrogen-bond donors (Lipinski definition) is 1. The summed E-state index contributed by atoms with van der Waals surface area (Å²) in [6, 6.07) is 3.56. The molecule has 5 nitrogen and oxygen atoms in total. The topological polar surface area (TPSA) is 68.7 Å². The number of rotatable bonds is 7. The van der Waals surface area contributed by atoms with Gasteiger partial charge < -0.3 is 19.8 Å². The van der Waals surface area contributed by atoms with E-state index >= 15 is 0 Å². The predicted octanol–water partition coefficient (Wildman–Crippen LogP) is 1.63. The maximum atomic E-state index is 12.3. The Hall–Kier alpha value is -1.33. The highest BCUT2D eigenvalue weighted by atomic mass is 16.5. The maximum Gasteiger partial charge on any atom is 0.289 e. The average molecular weight is 254 g/mol. The first-order valence-corrected chi connectivity index (χ1v) is 6.22. The van der Waals surface area contributed by atoms with Gasteiger partial charge in [-0.3, -0.25) is 4.79 Å². The monoisotopic (exact) mass is 254 g/mol. The summed E-state index contributed by atoms with van der Waals surface area (Å²) < 4.78 is 10.4. The van der Waals surface area contributed by atoms with Crippen molar-refractivity contribution in [3.8, 4) is 0 Å². The van der Waals surface area contributed by atoms with Gasteiger partial charge in [-0.2, -0.15) is 0 Å². The molecule has 1 aromatic rings. The molecule has 0 aliphatic rings. The minimum absolute atomic E-state index is 0.110. The van der Waals surface area contributed by atoms with E-state index in [0.29, 0.717) is 31.2 Å². The number of nitrogens with two attached hydrogens (primary N) is 1. The van der Waals surface area contributed by atoms with Gasteiger partial charge in [-0.25, -0.2) is 0 Å². The molecule has 1 unspecified atom stereocenters. The second-order valence-electron chi connectivity index (χ2n) is 4.22. The molecule has 18 heavy (non-hydrogen) atoms. The van der Waals surface area contributed by atoms with E-state index in [-0.39, 0.29) is 11.9 Å². The van der Waals surface area contributed by atoms with E-state index in [1.54, 1.807) is 24.1 Å². The SMILES string of the molecule is CCC(C)N(CCOC)C(=O)c1ccc(CN)o1. The summed E-state index contributed by atoms with van der Waals surface area (Å²) in [5.74, 6) is 0.849. The molecule has 1 amide bonds. The molecule has 0 spiro atoms. The first-order chi connectivity index (χ1) is 8.63. The lowest BCUT2D eigenvalue weighted by atomic mass is 10.2. The Morgan fingerprint density at radius 3 is 2.78 bits per heavy atom. The maximum absolute atomic E-state index is 12.3. The Labute approximate surface area is 108 Å². The van der Waals surface area contributed by atoms with Gasteiger partial charge in [0.15, 0.2) is 5.76 Å². The zero-order chi connectivity index (χ0) is 13.5. The van der Waals surface area contributed by atoms with E-state index in [9.17, 15) is 4.79 Å². The van der Waals surface area contributed by atoms with Crippen LogP contribution in [-0.2, 0) is 11.3 Å². The molecule has 1 aromatic heterocycles. The summed E-state index contributed by atoms with van der Waals surface area (Å²) in [4.78, 5) is 14.1. The van der Waals surface area contributed by atoms with Crippen molar-refractivity contribution in [2.75, 3.05) is 20.3 Å². The number of hydrogen-bond acceptors (Lipinski definition) is 4. The highest BCUT2D eigenvalue weighted by Crippen LogP contribution is 2.13. The molecule has 0 saturated carbocycles. The van der Waals surface area contributed by atoms with E-state index in [2.05, 4.69) is 0 Å². The third-order valence-corrected chi connectivity index (χ3v) is 2.99. The smallest absolute Gasteiger partial charge is 0.289 e. The van der Waals surface area contributed by atoms with E-state index in [4.69, 9.17) is 14.9 Å². The van der Waals surface area contributed by atoms with Crippen molar-refractivity contribution < 1.29 is 13.9 Å². The fourth-order valence-corrected chi connectivity index (χ4v) is 1.68. The first-order valence-electron chi connectivity index (χ1n) is 6.22. The van der Waals surface area contributed by atoms with Crippen LogP contribution in [0.4, 0.5) is 0 Å². The van der Waals surface area contributed by atoms with Gasteiger partial charge in [0.25, 0.3) is 5.91 Å². The van der Waals surface area contributed by atoms with Crippen molar-refractivity contribution in [1.29, 1.82) is 0 Å². The van der Waals surface area contributed by atoms with Gasteiger partial charge in [0, 0.05) is 19.7 Å². The molecule has 0 fully saturated rings. The molecule has 0 radical (unpaired) electrons. The second-order valence-corrected chi connectivity index (χ2v) is 4.22. The zero-order valence-corrected chi connectivity index (χ0v) is 11.3. The van der Waals surface area contributed by atoms with Crippen LogP contribution in [0.15, 0.2) is 16.5 Å². The van der Waals surface area contributed by atoms with E-state index < -0.39 is 0 Å². The summed E-state index contributed by atoms with van der Waals surface area (Å²) in [5.41, 5.74) is 5.47. The molecule has 0 aliphatic carbocycles. The van der Waals surface area contributed by atoms with E-state index in [0.717, 1.165) is 6.42 Å². The quantitative estimate of drug-likeness (QED) is 0.803. The largest absolute Gasteiger partial charge is 0.455 e. The summed E-state index contributed by atoms with van der Waals surface area (Å²) in [6.07, 6.45) is 0.889. The lowest BCUT2D eigenvalue weighted by molar-refractivity contribution is 0.0581. The van der Waals surface area contributed by atoms with Gasteiger partial charge in [-0.05, 0) is 25.5 Å². The van der Waals surface area contributed by atoms with Gasteiger partial charge in [0.2, 0.25) is 0 Å². The van der Waals surface area contributed by atoms with Crippen LogP contribution in [0.25, 0.3) is 0 Å². The van der Waals surface area contributed by atoms with Crippen molar-refractivity contribution in [3.63, 3.8) is 0 Å². The molecule has 0 bridgehead atoms. The second kappa shape index (κ2) is 7.18. The lowest BCUT2D eigenvalue weighted by Crippen LogP contribution is -2.40. The van der Waals surface area contributed by atoms with Gasteiger partial charge in [0.1, 0.15) is 5.76 Å². The summed E-state index contributed by atoms with van der Waals surface area (Å²) in [7, 11) is 1.62. The number of carbonyl (C=O) groups is 1. The Morgan fingerprint density at radius 1 is 1.56 bits per heavy atom. The fourth-order valence-electron chi connectivity index (χ4n) is 1.68. The number of carbonyl (C=O) groups excluding carboxylic acids is 1. The van der Waals surface area contributed by atoms with Crippen LogP contribution in [0.2, 0.25) is 0 Å². The van der Waals surface area contributed by atoms with Crippen molar-refractivity contribution in [2.45, 2.75) is 32.9 Å². The minimum Gasteiger partial charge on any atom is -0.455 e. The third kappa shape index (κ3) is 3.58. The van der Waals surface area contributed by atoms with Crippen LogP contribution in [0.5, 0.6) is 0 Å². The molecule has 2 N–H and O–H groups in total. The Kier molecular flexibility index (Phi) is 5.88. The molecular formula is C13H22N2O3. The fraction of sp³-hybridized carbons (Fsp3) is 0.615. The van der Waals surface area contributed by atoms with Crippen molar-refractivity contribution >= 4 is 5.91 Å². The highest BCUT2D eigenvalue weighted by molar-refractivity contribution is 5.91. The molecule has 1 rings (SSSR count). The van der Waals surface area contributed by atoms with Gasteiger partial charge in [-0.1, -0.05) is 6.92 Å². The Bertz CT molecular complexity index is 376. The van der Waals surface area contributed by atoms with Gasteiger partial charge >= 0.3 is 0 Å². The van der Waals surface area contributed by atoms with Crippen molar-refractivity contribution in [2.24, 2.45) is 5.73 Å². The molecule has 1 atom stereocenters. The van der Waals surface area contributed by atoms with Gasteiger partial charge in [-0.15, -0.1) is 0 Å². The summed E-state index contributed by atoms with van der Waals surface area (Å²) in [5, 5.41) is 0. The summed E-state index contributed by atoms with van der Waals surface area (Å²) >= 11 is 0. The highest BCUT2D eigenvalue weighted by Gasteiger charge is 2.22. The first kappa shape index (κ1) is 14.7. The number of methoxy groups -OCH3 is 1. The zero-order valence-electron chi connectivity index (χ0n) is 11.3. The summed E-state index contributed by atoms with van der Waals surface area (Å²) in [6.45, 7) is 5.43. The molecule has 102 valence electrons.